The molecule has 28 heavy (non-hydrogen) atoms. The number of carbonyl (C=O) groups is 3. The Labute approximate surface area is 161 Å². The van der Waals surface area contributed by atoms with Crippen molar-refractivity contribution >= 4 is 35.2 Å². The lowest BCUT2D eigenvalue weighted by atomic mass is 10.1. The average Bonchev–Trinajstić information content (AvgIpc) is 2.66. The lowest BCUT2D eigenvalue weighted by Crippen LogP contribution is -2.44. The number of aromatic nitrogens is 1. The summed E-state index contributed by atoms with van der Waals surface area (Å²) < 4.78 is 38.3. The highest BCUT2D eigenvalue weighted by atomic mass is 32.2. The van der Waals surface area contributed by atoms with E-state index < -0.39 is 34.7 Å². The molecular formula is C17H13F3N4O3S. The number of anilines is 1. The van der Waals surface area contributed by atoms with E-state index in [0.29, 0.717) is 4.90 Å². The molecule has 7 nitrogen and oxygen atoms in total. The molecule has 0 saturated heterocycles. The summed E-state index contributed by atoms with van der Waals surface area (Å²) in [5.41, 5.74) is 3.63. The minimum Gasteiger partial charge on any atom is -0.324 e. The Kier molecular flexibility index (Phi) is 5.54. The van der Waals surface area contributed by atoms with Crippen LogP contribution in [-0.2, 0) is 15.8 Å². The molecule has 3 N–H and O–H groups in total. The molecule has 2 aromatic rings. The van der Waals surface area contributed by atoms with Crippen molar-refractivity contribution in [1.29, 1.82) is 0 Å². The van der Waals surface area contributed by atoms with E-state index in [-0.39, 0.29) is 17.8 Å². The van der Waals surface area contributed by atoms with Crippen molar-refractivity contribution < 1.29 is 27.6 Å². The summed E-state index contributed by atoms with van der Waals surface area (Å²) in [5.74, 6) is -1.85. The number of fused-ring (bicyclic) bond motifs is 1. The number of alkyl halides is 3. The lowest BCUT2D eigenvalue weighted by Gasteiger charge is -2.24. The van der Waals surface area contributed by atoms with E-state index in [0.717, 1.165) is 23.9 Å². The van der Waals surface area contributed by atoms with Gasteiger partial charge in [0.2, 0.25) is 11.8 Å². The first kappa shape index (κ1) is 19.7. The Bertz CT molecular complexity index is 922. The smallest absolute Gasteiger partial charge is 0.324 e. The van der Waals surface area contributed by atoms with Crippen LogP contribution in [0.15, 0.2) is 47.5 Å². The van der Waals surface area contributed by atoms with Gasteiger partial charge in [-0.05, 0) is 30.3 Å². The number of halogens is 3. The number of nitrogens with one attached hydrogen (secondary N) is 3. The molecule has 1 aliphatic rings. The first-order chi connectivity index (χ1) is 13.2. The number of amides is 3. The summed E-state index contributed by atoms with van der Waals surface area (Å²) in [5, 5.41) is 1.53. The van der Waals surface area contributed by atoms with Crippen molar-refractivity contribution in [3.05, 3.63) is 53.9 Å². The van der Waals surface area contributed by atoms with Gasteiger partial charge in [0.1, 0.15) is 5.69 Å². The fourth-order valence-electron chi connectivity index (χ4n) is 2.37. The summed E-state index contributed by atoms with van der Waals surface area (Å²) in [7, 11) is 0. The van der Waals surface area contributed by atoms with E-state index in [1.165, 1.54) is 18.3 Å². The Hall–Kier alpha value is -3.08. The maximum atomic E-state index is 12.8. The van der Waals surface area contributed by atoms with Crippen LogP contribution in [0.3, 0.4) is 0 Å². The number of hydrazine groups is 1. The molecule has 0 spiro atoms. The minimum absolute atomic E-state index is 0.0462. The summed E-state index contributed by atoms with van der Waals surface area (Å²) in [6.07, 6.45) is -3.38. The van der Waals surface area contributed by atoms with Gasteiger partial charge in [-0.2, -0.15) is 13.2 Å². The van der Waals surface area contributed by atoms with Gasteiger partial charge in [-0.15, -0.1) is 11.8 Å². The highest BCUT2D eigenvalue weighted by Gasteiger charge is 2.34. The van der Waals surface area contributed by atoms with Crippen LogP contribution in [0, 0.1) is 0 Å². The number of hydrogen-bond donors (Lipinski definition) is 3. The SMILES string of the molecule is O=C(C[C@@H]1Sc2ccc(C(F)(F)F)cc2NC1=O)NNC(=O)c1ccccn1. The van der Waals surface area contributed by atoms with Crippen LogP contribution in [0.25, 0.3) is 0 Å². The molecule has 0 bridgehead atoms. The molecule has 1 atom stereocenters. The van der Waals surface area contributed by atoms with E-state index in [4.69, 9.17) is 0 Å². The number of carbonyl (C=O) groups excluding carboxylic acids is 3. The predicted molar refractivity (Wildman–Crippen MR) is 94.2 cm³/mol. The first-order valence-corrected chi connectivity index (χ1v) is 8.81. The standard InChI is InChI=1S/C17H13F3N4O3S/c18-17(19,20)9-4-5-12-11(7-9)22-16(27)13(28-12)8-14(25)23-24-15(26)10-3-1-2-6-21-10/h1-7,13H,8H2,(H,22,27)(H,23,25)(H,24,26)/t13-/m0/s1. The molecule has 0 fully saturated rings. The third-order valence-corrected chi connectivity index (χ3v) is 4.99. The van der Waals surface area contributed by atoms with Gasteiger partial charge in [0, 0.05) is 17.5 Å². The monoisotopic (exact) mass is 410 g/mol. The van der Waals surface area contributed by atoms with Crippen molar-refractivity contribution in [3.8, 4) is 0 Å². The molecule has 2 heterocycles. The molecule has 0 unspecified atom stereocenters. The van der Waals surface area contributed by atoms with Crippen LogP contribution in [0.1, 0.15) is 22.5 Å². The number of benzene rings is 1. The average molecular weight is 410 g/mol. The summed E-state index contributed by atoms with van der Waals surface area (Å²) >= 11 is 0.978. The Morgan fingerprint density at radius 3 is 2.64 bits per heavy atom. The number of thioether (sulfide) groups is 1. The third kappa shape index (κ3) is 4.60. The second-order valence-electron chi connectivity index (χ2n) is 5.73. The van der Waals surface area contributed by atoms with Gasteiger partial charge in [0.05, 0.1) is 16.5 Å². The summed E-state index contributed by atoms with van der Waals surface area (Å²) in [6.45, 7) is 0. The maximum Gasteiger partial charge on any atom is 0.416 e. The van der Waals surface area contributed by atoms with Gasteiger partial charge in [-0.25, -0.2) is 0 Å². The van der Waals surface area contributed by atoms with Crippen LogP contribution in [0.5, 0.6) is 0 Å². The highest BCUT2D eigenvalue weighted by molar-refractivity contribution is 8.01. The second kappa shape index (κ2) is 7.89. The molecule has 0 aliphatic carbocycles. The molecule has 0 radical (unpaired) electrons. The molecule has 0 saturated carbocycles. The fraction of sp³-hybridized carbons (Fsp3) is 0.176. The van der Waals surface area contributed by atoms with Gasteiger partial charge in [0.15, 0.2) is 0 Å². The molecule has 11 heteroatoms. The van der Waals surface area contributed by atoms with Gasteiger partial charge in [0.25, 0.3) is 5.91 Å². The first-order valence-electron chi connectivity index (χ1n) is 7.93. The molecule has 146 valence electrons. The van der Waals surface area contributed by atoms with E-state index >= 15 is 0 Å². The van der Waals surface area contributed by atoms with E-state index in [1.807, 2.05) is 0 Å². The molecule has 3 amide bonds. The van der Waals surface area contributed by atoms with Gasteiger partial charge < -0.3 is 5.32 Å². The van der Waals surface area contributed by atoms with Crippen molar-refractivity contribution in [1.82, 2.24) is 15.8 Å². The Morgan fingerprint density at radius 2 is 1.96 bits per heavy atom. The fourth-order valence-corrected chi connectivity index (χ4v) is 3.46. The topological polar surface area (TPSA) is 100 Å². The number of nitrogens with zero attached hydrogens (tertiary/aromatic N) is 1. The molecule has 3 rings (SSSR count). The van der Waals surface area contributed by atoms with Crippen LogP contribution in [0.2, 0.25) is 0 Å². The van der Waals surface area contributed by atoms with Crippen molar-refractivity contribution in [2.24, 2.45) is 0 Å². The van der Waals surface area contributed by atoms with E-state index in [1.54, 1.807) is 12.1 Å². The lowest BCUT2D eigenvalue weighted by molar-refractivity contribution is -0.137. The molecule has 1 aliphatic heterocycles. The zero-order valence-electron chi connectivity index (χ0n) is 14.0. The Morgan fingerprint density at radius 1 is 1.18 bits per heavy atom. The number of hydrogen-bond acceptors (Lipinski definition) is 5. The van der Waals surface area contributed by atoms with Crippen LogP contribution in [-0.4, -0.2) is 28.0 Å². The van der Waals surface area contributed by atoms with E-state index in [9.17, 15) is 27.6 Å². The summed E-state index contributed by atoms with van der Waals surface area (Å²) in [4.78, 5) is 40.2. The quantitative estimate of drug-likeness (QED) is 0.675. The maximum absolute atomic E-state index is 12.8. The normalized spacial score (nSPS) is 16.0. The van der Waals surface area contributed by atoms with Gasteiger partial charge >= 0.3 is 6.18 Å². The van der Waals surface area contributed by atoms with Crippen LogP contribution >= 0.6 is 11.8 Å². The predicted octanol–water partition coefficient (Wildman–Crippen LogP) is 2.36. The Balaban J connectivity index is 1.59. The van der Waals surface area contributed by atoms with Crippen molar-refractivity contribution in [3.63, 3.8) is 0 Å². The van der Waals surface area contributed by atoms with Crippen LogP contribution in [0.4, 0.5) is 18.9 Å². The molecule has 1 aromatic heterocycles. The van der Waals surface area contributed by atoms with Gasteiger partial charge in [-0.1, -0.05) is 6.07 Å². The number of rotatable bonds is 3. The minimum atomic E-state index is -4.52. The van der Waals surface area contributed by atoms with E-state index in [2.05, 4.69) is 21.2 Å². The number of pyridine rings is 1. The molecule has 1 aromatic carbocycles. The zero-order valence-corrected chi connectivity index (χ0v) is 14.9. The van der Waals surface area contributed by atoms with Crippen LogP contribution < -0.4 is 16.2 Å². The molecular weight excluding hydrogens is 397 g/mol. The second-order valence-corrected chi connectivity index (χ2v) is 6.97. The highest BCUT2D eigenvalue weighted by Crippen LogP contribution is 2.40. The van der Waals surface area contributed by atoms with Crippen molar-refractivity contribution in [2.75, 3.05) is 5.32 Å². The largest absolute Gasteiger partial charge is 0.416 e. The zero-order chi connectivity index (χ0) is 20.3. The van der Waals surface area contributed by atoms with Crippen molar-refractivity contribution in [2.45, 2.75) is 22.7 Å². The third-order valence-electron chi connectivity index (χ3n) is 3.71. The summed E-state index contributed by atoms with van der Waals surface area (Å²) in [6, 6.07) is 7.70. The van der Waals surface area contributed by atoms with Gasteiger partial charge in [-0.3, -0.25) is 30.2 Å².